The molecule has 0 saturated carbocycles. The zero-order chi connectivity index (χ0) is 16.3. The van der Waals surface area contributed by atoms with E-state index in [0.717, 1.165) is 12.8 Å². The van der Waals surface area contributed by atoms with Crippen LogP contribution in [0.3, 0.4) is 0 Å². The Hall–Kier alpha value is -0.133. The first kappa shape index (κ1) is 25.1. The monoisotopic (exact) mass is 322 g/mol. The molecule has 0 rings (SSSR count). The van der Waals surface area contributed by atoms with Crippen molar-refractivity contribution in [3.63, 3.8) is 0 Å². The minimum atomic E-state index is -1.15. The van der Waals surface area contributed by atoms with Gasteiger partial charge in [0.2, 0.25) is 0 Å². The SMILES string of the molecule is CCCCCCCCCCCCCCCCCCOC(=O)O.[H-].[Li+]. The van der Waals surface area contributed by atoms with Gasteiger partial charge < -0.3 is 11.3 Å². The van der Waals surface area contributed by atoms with Crippen LogP contribution in [0.1, 0.15) is 111 Å². The first-order valence-corrected chi connectivity index (χ1v) is 9.63. The summed E-state index contributed by atoms with van der Waals surface area (Å²) in [6.07, 6.45) is 20.1. The van der Waals surface area contributed by atoms with Gasteiger partial charge in [-0.1, -0.05) is 103 Å². The third-order valence-electron chi connectivity index (χ3n) is 4.22. The maximum absolute atomic E-state index is 10.1. The van der Waals surface area contributed by atoms with Crippen LogP contribution in [0.4, 0.5) is 4.79 Å². The van der Waals surface area contributed by atoms with Gasteiger partial charge in [-0.25, -0.2) is 4.79 Å². The normalized spacial score (nSPS) is 10.3. The molecule has 0 aromatic rings. The summed E-state index contributed by atoms with van der Waals surface area (Å²) in [6, 6.07) is 0. The van der Waals surface area contributed by atoms with Gasteiger partial charge in [0.1, 0.15) is 0 Å². The Labute approximate surface area is 157 Å². The molecule has 0 aliphatic rings. The Balaban J connectivity index is -0.00000220. The Morgan fingerprint density at radius 1 is 0.696 bits per heavy atom. The van der Waals surface area contributed by atoms with E-state index in [1.807, 2.05) is 0 Å². The summed E-state index contributed by atoms with van der Waals surface area (Å²) < 4.78 is 4.48. The van der Waals surface area contributed by atoms with Crippen LogP contribution < -0.4 is 18.9 Å². The fourth-order valence-corrected chi connectivity index (χ4v) is 2.81. The number of carboxylic acid groups (broad SMARTS) is 1. The van der Waals surface area contributed by atoms with E-state index >= 15 is 0 Å². The van der Waals surface area contributed by atoms with Gasteiger partial charge in [-0.3, -0.25) is 0 Å². The van der Waals surface area contributed by atoms with Crippen molar-refractivity contribution < 1.29 is 34.9 Å². The van der Waals surface area contributed by atoms with Crippen LogP contribution in [0, 0.1) is 0 Å². The standard InChI is InChI=1S/C19H38O3.Li.H/c1-2-3-4-5-6-7-8-9-10-11-12-13-14-15-16-17-18-22-19(20)21;;/h2-18H2,1H3,(H,20,21);;/q;+1;-1. The predicted octanol–water partition coefficient (Wildman–Crippen LogP) is 4.06. The molecule has 3 nitrogen and oxygen atoms in total. The number of ether oxygens (including phenoxy) is 1. The van der Waals surface area contributed by atoms with Crippen LogP contribution in [0.25, 0.3) is 0 Å². The minimum absolute atomic E-state index is 0. The van der Waals surface area contributed by atoms with Gasteiger partial charge in [-0.05, 0) is 6.42 Å². The second-order valence-electron chi connectivity index (χ2n) is 6.42. The average Bonchev–Trinajstić information content (AvgIpc) is 2.50. The second-order valence-corrected chi connectivity index (χ2v) is 6.42. The largest absolute Gasteiger partial charge is 1.00 e. The third-order valence-corrected chi connectivity index (χ3v) is 4.22. The summed E-state index contributed by atoms with van der Waals surface area (Å²) in [5.74, 6) is 0. The van der Waals surface area contributed by atoms with Gasteiger partial charge in [0.15, 0.2) is 0 Å². The summed E-state index contributed by atoms with van der Waals surface area (Å²) in [5.41, 5.74) is 0. The van der Waals surface area contributed by atoms with Crippen LogP contribution in [-0.4, -0.2) is 17.9 Å². The Morgan fingerprint density at radius 2 is 1.00 bits per heavy atom. The number of rotatable bonds is 17. The van der Waals surface area contributed by atoms with E-state index < -0.39 is 6.16 Å². The maximum Gasteiger partial charge on any atom is 1.00 e. The van der Waals surface area contributed by atoms with Crippen molar-refractivity contribution in [1.29, 1.82) is 0 Å². The third kappa shape index (κ3) is 24.2. The molecule has 0 heterocycles. The molecule has 1 N–H and O–H groups in total. The van der Waals surface area contributed by atoms with Crippen molar-refractivity contribution >= 4 is 6.16 Å². The molecule has 0 spiro atoms. The molecule has 0 unspecified atom stereocenters. The van der Waals surface area contributed by atoms with Crippen molar-refractivity contribution in [2.75, 3.05) is 6.61 Å². The first-order valence-electron chi connectivity index (χ1n) is 9.63. The van der Waals surface area contributed by atoms with Crippen molar-refractivity contribution in [1.82, 2.24) is 0 Å². The molecule has 0 aliphatic carbocycles. The van der Waals surface area contributed by atoms with E-state index in [0.29, 0.717) is 6.61 Å². The zero-order valence-corrected chi connectivity index (χ0v) is 15.8. The summed E-state index contributed by atoms with van der Waals surface area (Å²) in [5, 5.41) is 8.32. The van der Waals surface area contributed by atoms with Crippen LogP contribution in [0.2, 0.25) is 0 Å². The molecule has 0 radical (unpaired) electrons. The van der Waals surface area contributed by atoms with Crippen molar-refractivity contribution in [2.45, 2.75) is 110 Å². The molecule has 0 bridgehead atoms. The van der Waals surface area contributed by atoms with Gasteiger partial charge in [-0.2, -0.15) is 0 Å². The van der Waals surface area contributed by atoms with Crippen LogP contribution in [0.5, 0.6) is 0 Å². The molecule has 0 saturated heterocycles. The van der Waals surface area contributed by atoms with E-state index in [4.69, 9.17) is 5.11 Å². The summed E-state index contributed by atoms with van der Waals surface area (Å²) in [7, 11) is 0. The molecule has 23 heavy (non-hydrogen) atoms. The van der Waals surface area contributed by atoms with E-state index in [2.05, 4.69) is 11.7 Å². The topological polar surface area (TPSA) is 46.5 Å². The number of hydrogen-bond donors (Lipinski definition) is 1. The van der Waals surface area contributed by atoms with Gasteiger partial charge in [0.25, 0.3) is 0 Å². The molecule has 4 heteroatoms. The Morgan fingerprint density at radius 3 is 1.30 bits per heavy atom. The maximum atomic E-state index is 10.1. The molecule has 0 fully saturated rings. The zero-order valence-electron chi connectivity index (χ0n) is 16.8. The molecule has 0 aliphatic heterocycles. The predicted molar refractivity (Wildman–Crippen MR) is 94.6 cm³/mol. The fourth-order valence-electron chi connectivity index (χ4n) is 2.81. The van der Waals surface area contributed by atoms with E-state index in [1.54, 1.807) is 0 Å². The van der Waals surface area contributed by atoms with Gasteiger partial charge in [-0.15, -0.1) is 0 Å². The summed E-state index contributed by atoms with van der Waals surface area (Å²) in [6.45, 7) is 2.63. The molecule has 0 atom stereocenters. The van der Waals surface area contributed by atoms with Crippen LogP contribution in [-0.2, 0) is 4.74 Å². The Kier molecular flexibility index (Phi) is 23.9. The van der Waals surface area contributed by atoms with Crippen molar-refractivity contribution in [3.8, 4) is 0 Å². The summed E-state index contributed by atoms with van der Waals surface area (Å²) in [4.78, 5) is 10.1. The number of carbonyl (C=O) groups is 1. The second kappa shape index (κ2) is 21.9. The number of hydrogen-bond acceptors (Lipinski definition) is 2. The molecule has 134 valence electrons. The first-order chi connectivity index (χ1) is 10.8. The quantitative estimate of drug-likeness (QED) is 0.249. The molecule has 0 aromatic heterocycles. The molecular formula is C19H39LiO3. The molecular weight excluding hydrogens is 283 g/mol. The van der Waals surface area contributed by atoms with E-state index in [-0.39, 0.29) is 20.3 Å². The van der Waals surface area contributed by atoms with Crippen LogP contribution >= 0.6 is 0 Å². The smallest absolute Gasteiger partial charge is 1.00 e. The average molecular weight is 322 g/mol. The van der Waals surface area contributed by atoms with Crippen molar-refractivity contribution in [3.05, 3.63) is 0 Å². The van der Waals surface area contributed by atoms with Gasteiger partial charge in [0, 0.05) is 0 Å². The van der Waals surface area contributed by atoms with E-state index in [9.17, 15) is 4.79 Å². The van der Waals surface area contributed by atoms with Gasteiger partial charge in [0.05, 0.1) is 6.61 Å². The number of unbranched alkanes of at least 4 members (excludes halogenated alkanes) is 15. The Bertz CT molecular complexity index is 241. The summed E-state index contributed by atoms with van der Waals surface area (Å²) >= 11 is 0. The molecule has 0 aromatic carbocycles. The van der Waals surface area contributed by atoms with Crippen molar-refractivity contribution in [2.24, 2.45) is 0 Å². The molecule has 0 amide bonds. The van der Waals surface area contributed by atoms with E-state index in [1.165, 1.54) is 89.9 Å². The van der Waals surface area contributed by atoms with Gasteiger partial charge >= 0.3 is 25.0 Å². The minimum Gasteiger partial charge on any atom is -1.00 e. The fraction of sp³-hybridized carbons (Fsp3) is 0.947. The van der Waals surface area contributed by atoms with Crippen LogP contribution in [0.15, 0.2) is 0 Å².